The third-order valence-corrected chi connectivity index (χ3v) is 4.20. The standard InChI is InChI=1S/C15H21NO4/c1-8-9(2)20-10(3)13(8)14(17)16-12-6-4-11(5-7-12)15(18)19/h11-12H,4-7H2,1-3H3,(H,16,17)(H,18,19). The van der Waals surface area contributed by atoms with Crippen molar-refractivity contribution in [3.63, 3.8) is 0 Å². The minimum absolute atomic E-state index is 0.0621. The van der Waals surface area contributed by atoms with E-state index >= 15 is 0 Å². The molecule has 5 heteroatoms. The van der Waals surface area contributed by atoms with Crippen molar-refractivity contribution in [2.24, 2.45) is 5.92 Å². The first-order chi connectivity index (χ1) is 9.40. The Kier molecular flexibility index (Phi) is 4.16. The van der Waals surface area contributed by atoms with Crippen molar-refractivity contribution in [1.29, 1.82) is 0 Å². The number of aliphatic carboxylic acids is 1. The minimum atomic E-state index is -0.730. The zero-order valence-corrected chi connectivity index (χ0v) is 12.2. The Hall–Kier alpha value is -1.78. The summed E-state index contributed by atoms with van der Waals surface area (Å²) in [6.45, 7) is 5.51. The average Bonchev–Trinajstić information content (AvgIpc) is 2.63. The lowest BCUT2D eigenvalue weighted by Crippen LogP contribution is -2.39. The topological polar surface area (TPSA) is 79.5 Å². The number of carbonyl (C=O) groups excluding carboxylic acids is 1. The summed E-state index contributed by atoms with van der Waals surface area (Å²) in [7, 11) is 0. The van der Waals surface area contributed by atoms with Gasteiger partial charge in [0, 0.05) is 11.6 Å². The second-order valence-corrected chi connectivity index (χ2v) is 5.57. The number of amides is 1. The van der Waals surface area contributed by atoms with E-state index in [0.717, 1.165) is 24.2 Å². The zero-order chi connectivity index (χ0) is 14.9. The van der Waals surface area contributed by atoms with Gasteiger partial charge in [0.25, 0.3) is 5.91 Å². The summed E-state index contributed by atoms with van der Waals surface area (Å²) >= 11 is 0. The molecular weight excluding hydrogens is 258 g/mol. The predicted molar refractivity (Wildman–Crippen MR) is 73.8 cm³/mol. The highest BCUT2D eigenvalue weighted by Crippen LogP contribution is 2.26. The van der Waals surface area contributed by atoms with Crippen LogP contribution in [0.2, 0.25) is 0 Å². The van der Waals surface area contributed by atoms with Crippen molar-refractivity contribution in [3.8, 4) is 0 Å². The van der Waals surface area contributed by atoms with Gasteiger partial charge in [-0.05, 0) is 46.5 Å². The first-order valence-corrected chi connectivity index (χ1v) is 7.00. The first kappa shape index (κ1) is 14.6. The SMILES string of the molecule is Cc1oc(C)c(C(=O)NC2CCC(C(=O)O)CC2)c1C. The largest absolute Gasteiger partial charge is 0.481 e. The van der Waals surface area contributed by atoms with Gasteiger partial charge in [0.15, 0.2) is 0 Å². The van der Waals surface area contributed by atoms with Gasteiger partial charge < -0.3 is 14.8 Å². The van der Waals surface area contributed by atoms with Crippen molar-refractivity contribution in [2.75, 3.05) is 0 Å². The molecule has 0 atom stereocenters. The number of furan rings is 1. The maximum atomic E-state index is 12.3. The Morgan fingerprint density at radius 1 is 1.10 bits per heavy atom. The predicted octanol–water partition coefficient (Wildman–Crippen LogP) is 2.58. The van der Waals surface area contributed by atoms with E-state index in [4.69, 9.17) is 9.52 Å². The monoisotopic (exact) mass is 279 g/mol. The van der Waals surface area contributed by atoms with Crippen LogP contribution in [0.3, 0.4) is 0 Å². The van der Waals surface area contributed by atoms with E-state index in [0.29, 0.717) is 24.2 Å². The van der Waals surface area contributed by atoms with Crippen LogP contribution in [0.15, 0.2) is 4.42 Å². The van der Waals surface area contributed by atoms with Gasteiger partial charge in [-0.1, -0.05) is 0 Å². The van der Waals surface area contributed by atoms with E-state index in [1.807, 2.05) is 13.8 Å². The van der Waals surface area contributed by atoms with E-state index in [9.17, 15) is 9.59 Å². The minimum Gasteiger partial charge on any atom is -0.481 e. The van der Waals surface area contributed by atoms with Gasteiger partial charge >= 0.3 is 5.97 Å². The van der Waals surface area contributed by atoms with Crippen LogP contribution in [0.1, 0.15) is 53.1 Å². The van der Waals surface area contributed by atoms with E-state index in [1.54, 1.807) is 6.92 Å². The molecule has 1 aliphatic rings. The first-order valence-electron chi connectivity index (χ1n) is 7.00. The van der Waals surface area contributed by atoms with Gasteiger partial charge in [0.2, 0.25) is 0 Å². The van der Waals surface area contributed by atoms with Gasteiger partial charge in [-0.2, -0.15) is 0 Å². The highest BCUT2D eigenvalue weighted by molar-refractivity contribution is 5.97. The Bertz CT molecular complexity index is 524. The maximum Gasteiger partial charge on any atom is 0.306 e. The fourth-order valence-corrected chi connectivity index (χ4v) is 2.87. The molecule has 2 rings (SSSR count). The fraction of sp³-hybridized carbons (Fsp3) is 0.600. The van der Waals surface area contributed by atoms with Crippen molar-refractivity contribution in [3.05, 3.63) is 22.6 Å². The molecule has 0 saturated heterocycles. The molecule has 1 aromatic rings. The number of carboxylic acid groups (broad SMARTS) is 1. The van der Waals surface area contributed by atoms with Crippen LogP contribution in [0, 0.1) is 26.7 Å². The molecule has 1 fully saturated rings. The van der Waals surface area contributed by atoms with Crippen LogP contribution in [0.25, 0.3) is 0 Å². The van der Waals surface area contributed by atoms with Crippen molar-refractivity contribution in [1.82, 2.24) is 5.32 Å². The second-order valence-electron chi connectivity index (χ2n) is 5.57. The van der Waals surface area contributed by atoms with Crippen LogP contribution in [0.4, 0.5) is 0 Å². The van der Waals surface area contributed by atoms with E-state index in [-0.39, 0.29) is 17.9 Å². The number of carbonyl (C=O) groups is 2. The second kappa shape index (κ2) is 5.69. The van der Waals surface area contributed by atoms with Crippen molar-refractivity contribution in [2.45, 2.75) is 52.5 Å². The highest BCUT2D eigenvalue weighted by Gasteiger charge is 2.28. The van der Waals surface area contributed by atoms with E-state index < -0.39 is 5.97 Å². The van der Waals surface area contributed by atoms with Gasteiger partial charge in [-0.15, -0.1) is 0 Å². The van der Waals surface area contributed by atoms with Gasteiger partial charge in [-0.3, -0.25) is 9.59 Å². The molecule has 1 saturated carbocycles. The van der Waals surface area contributed by atoms with E-state index in [2.05, 4.69) is 5.32 Å². The highest BCUT2D eigenvalue weighted by atomic mass is 16.4. The number of hydrogen-bond acceptors (Lipinski definition) is 3. The lowest BCUT2D eigenvalue weighted by Gasteiger charge is -2.26. The van der Waals surface area contributed by atoms with Crippen molar-refractivity contribution >= 4 is 11.9 Å². The van der Waals surface area contributed by atoms with Crippen LogP contribution in [-0.2, 0) is 4.79 Å². The Balaban J connectivity index is 1.98. The van der Waals surface area contributed by atoms with Gasteiger partial charge in [0.05, 0.1) is 11.5 Å². The molecule has 1 heterocycles. The summed E-state index contributed by atoms with van der Waals surface area (Å²) in [5, 5.41) is 12.0. The molecule has 0 radical (unpaired) electrons. The molecule has 0 aliphatic heterocycles. The summed E-state index contributed by atoms with van der Waals surface area (Å²) < 4.78 is 5.47. The molecule has 1 amide bonds. The molecule has 110 valence electrons. The quantitative estimate of drug-likeness (QED) is 0.891. The molecule has 20 heavy (non-hydrogen) atoms. The molecule has 0 aromatic carbocycles. The number of aryl methyl sites for hydroxylation is 2. The Morgan fingerprint density at radius 3 is 2.15 bits per heavy atom. The summed E-state index contributed by atoms with van der Waals surface area (Å²) in [5.41, 5.74) is 1.49. The van der Waals surface area contributed by atoms with Gasteiger partial charge in [0.1, 0.15) is 11.5 Å². The maximum absolute atomic E-state index is 12.3. The molecule has 2 N–H and O–H groups in total. The summed E-state index contributed by atoms with van der Waals surface area (Å²) in [6.07, 6.45) is 2.70. The van der Waals surface area contributed by atoms with Gasteiger partial charge in [-0.25, -0.2) is 0 Å². The van der Waals surface area contributed by atoms with Crippen molar-refractivity contribution < 1.29 is 19.1 Å². The molecule has 5 nitrogen and oxygen atoms in total. The molecule has 1 aromatic heterocycles. The zero-order valence-electron chi connectivity index (χ0n) is 12.2. The Morgan fingerprint density at radius 2 is 1.70 bits per heavy atom. The van der Waals surface area contributed by atoms with Crippen LogP contribution < -0.4 is 5.32 Å². The number of nitrogens with one attached hydrogen (secondary N) is 1. The normalized spacial score (nSPS) is 22.6. The fourth-order valence-electron chi connectivity index (χ4n) is 2.87. The lowest BCUT2D eigenvalue weighted by atomic mass is 9.86. The third-order valence-electron chi connectivity index (χ3n) is 4.20. The molecule has 1 aliphatic carbocycles. The molecule has 0 unspecified atom stereocenters. The smallest absolute Gasteiger partial charge is 0.306 e. The number of carboxylic acids is 1. The lowest BCUT2D eigenvalue weighted by molar-refractivity contribution is -0.142. The summed E-state index contributed by atoms with van der Waals surface area (Å²) in [5.74, 6) is 0.296. The molecular formula is C15H21NO4. The third kappa shape index (κ3) is 2.86. The summed E-state index contributed by atoms with van der Waals surface area (Å²) in [4.78, 5) is 23.2. The number of rotatable bonds is 3. The average molecular weight is 279 g/mol. The van der Waals surface area contributed by atoms with Crippen LogP contribution in [-0.4, -0.2) is 23.0 Å². The van der Waals surface area contributed by atoms with Crippen LogP contribution >= 0.6 is 0 Å². The molecule has 0 spiro atoms. The number of hydrogen-bond donors (Lipinski definition) is 2. The molecule has 0 bridgehead atoms. The Labute approximate surface area is 118 Å². The van der Waals surface area contributed by atoms with E-state index in [1.165, 1.54) is 0 Å². The summed E-state index contributed by atoms with van der Waals surface area (Å²) in [6, 6.07) is 0.0621. The van der Waals surface area contributed by atoms with Crippen LogP contribution in [0.5, 0.6) is 0 Å².